The molecule has 0 bridgehead atoms. The molecule has 0 radical (unpaired) electrons. The number of fused-ring (bicyclic) bond motifs is 1. The van der Waals surface area contributed by atoms with Crippen molar-refractivity contribution in [1.29, 1.82) is 5.26 Å². The highest BCUT2D eigenvalue weighted by Crippen LogP contribution is 2.28. The SMILES string of the molecule is N#CC1CNCCN1Cc1ccc2c(c1)C(=O)N(C1CCC(=O)NC1=O)C2. The third-order valence-electron chi connectivity index (χ3n) is 5.48. The highest BCUT2D eigenvalue weighted by atomic mass is 16.2. The highest BCUT2D eigenvalue weighted by molar-refractivity contribution is 6.05. The number of nitriles is 1. The maximum absolute atomic E-state index is 12.9. The summed E-state index contributed by atoms with van der Waals surface area (Å²) in [6.07, 6.45) is 0.613. The Morgan fingerprint density at radius 1 is 1.26 bits per heavy atom. The fourth-order valence-electron chi connectivity index (χ4n) is 4.00. The maximum Gasteiger partial charge on any atom is 0.255 e. The molecule has 2 saturated heterocycles. The van der Waals surface area contributed by atoms with Gasteiger partial charge in [-0.15, -0.1) is 0 Å². The van der Waals surface area contributed by atoms with Crippen LogP contribution in [0.3, 0.4) is 0 Å². The van der Waals surface area contributed by atoms with Crippen LogP contribution in [0.5, 0.6) is 0 Å². The largest absolute Gasteiger partial charge is 0.322 e. The summed E-state index contributed by atoms with van der Waals surface area (Å²) >= 11 is 0. The number of nitrogens with one attached hydrogen (secondary N) is 2. The topological polar surface area (TPSA) is 106 Å². The molecule has 0 aliphatic carbocycles. The first-order valence-electron chi connectivity index (χ1n) is 9.17. The third-order valence-corrected chi connectivity index (χ3v) is 5.48. The fourth-order valence-corrected chi connectivity index (χ4v) is 4.00. The van der Waals surface area contributed by atoms with Gasteiger partial charge in [0.1, 0.15) is 12.1 Å². The minimum absolute atomic E-state index is 0.168. The molecule has 3 aliphatic rings. The predicted octanol–water partition coefficient (Wildman–Crippen LogP) is -0.255. The van der Waals surface area contributed by atoms with Gasteiger partial charge in [-0.3, -0.25) is 24.6 Å². The molecule has 4 rings (SSSR count). The fraction of sp³-hybridized carbons (Fsp3) is 0.474. The van der Waals surface area contributed by atoms with Gasteiger partial charge in [-0.1, -0.05) is 12.1 Å². The number of benzene rings is 1. The van der Waals surface area contributed by atoms with E-state index in [1.807, 2.05) is 18.2 Å². The van der Waals surface area contributed by atoms with E-state index in [1.165, 1.54) is 0 Å². The average molecular weight is 367 g/mol. The van der Waals surface area contributed by atoms with Crippen LogP contribution in [0.15, 0.2) is 18.2 Å². The molecule has 2 atom stereocenters. The molecule has 0 spiro atoms. The van der Waals surface area contributed by atoms with E-state index in [1.54, 1.807) is 4.90 Å². The molecule has 0 saturated carbocycles. The first-order valence-corrected chi connectivity index (χ1v) is 9.17. The van der Waals surface area contributed by atoms with Crippen LogP contribution < -0.4 is 10.6 Å². The number of piperidine rings is 1. The monoisotopic (exact) mass is 367 g/mol. The van der Waals surface area contributed by atoms with Crippen molar-refractivity contribution in [1.82, 2.24) is 20.4 Å². The number of nitrogens with zero attached hydrogens (tertiary/aromatic N) is 3. The Morgan fingerprint density at radius 3 is 2.89 bits per heavy atom. The summed E-state index contributed by atoms with van der Waals surface area (Å²) in [5.41, 5.74) is 2.49. The predicted molar refractivity (Wildman–Crippen MR) is 95.2 cm³/mol. The number of amides is 3. The number of imide groups is 1. The molecule has 140 valence electrons. The number of rotatable bonds is 3. The van der Waals surface area contributed by atoms with Crippen LogP contribution in [-0.2, 0) is 22.7 Å². The Balaban J connectivity index is 1.51. The van der Waals surface area contributed by atoms with Gasteiger partial charge in [0.2, 0.25) is 11.8 Å². The molecule has 27 heavy (non-hydrogen) atoms. The van der Waals surface area contributed by atoms with E-state index >= 15 is 0 Å². The second kappa shape index (κ2) is 7.10. The van der Waals surface area contributed by atoms with E-state index in [-0.39, 0.29) is 24.3 Å². The molecular formula is C19H21N5O3. The Labute approximate surface area is 157 Å². The molecule has 1 aromatic rings. The molecule has 0 aromatic heterocycles. The van der Waals surface area contributed by atoms with Crippen molar-refractivity contribution < 1.29 is 14.4 Å². The van der Waals surface area contributed by atoms with Crippen molar-refractivity contribution in [3.05, 3.63) is 34.9 Å². The molecule has 2 N–H and O–H groups in total. The third kappa shape index (κ3) is 3.31. The van der Waals surface area contributed by atoms with Crippen LogP contribution in [0.2, 0.25) is 0 Å². The summed E-state index contributed by atoms with van der Waals surface area (Å²) in [6.45, 7) is 3.26. The van der Waals surface area contributed by atoms with E-state index < -0.39 is 11.9 Å². The van der Waals surface area contributed by atoms with Crippen LogP contribution in [-0.4, -0.2) is 59.2 Å². The van der Waals surface area contributed by atoms with Gasteiger partial charge in [-0.05, 0) is 23.6 Å². The summed E-state index contributed by atoms with van der Waals surface area (Å²) < 4.78 is 0. The number of piperazine rings is 1. The Bertz CT molecular complexity index is 846. The van der Waals surface area contributed by atoms with Gasteiger partial charge >= 0.3 is 0 Å². The van der Waals surface area contributed by atoms with Crippen molar-refractivity contribution in [3.63, 3.8) is 0 Å². The normalized spacial score (nSPS) is 25.9. The summed E-state index contributed by atoms with van der Waals surface area (Å²) in [4.78, 5) is 40.0. The standard InChI is InChI=1S/C19H21N5O3/c20-8-14-9-21-5-6-23(14)10-12-1-2-13-11-24(19(27)15(13)7-12)16-3-4-17(25)22-18(16)26/h1-2,7,14,16,21H,3-6,9-11H2,(H,22,25,26). The molecule has 2 fully saturated rings. The van der Waals surface area contributed by atoms with Crippen molar-refractivity contribution in [2.45, 2.75) is 38.0 Å². The molecule has 8 nitrogen and oxygen atoms in total. The maximum atomic E-state index is 12.9. The van der Waals surface area contributed by atoms with Gasteiger partial charge in [0.15, 0.2) is 0 Å². The first kappa shape index (κ1) is 17.6. The van der Waals surface area contributed by atoms with E-state index in [0.29, 0.717) is 31.6 Å². The van der Waals surface area contributed by atoms with Crippen LogP contribution in [0.25, 0.3) is 0 Å². The van der Waals surface area contributed by atoms with Gasteiger partial charge in [0.05, 0.1) is 6.07 Å². The zero-order valence-corrected chi connectivity index (χ0v) is 14.9. The minimum atomic E-state index is -0.595. The summed E-state index contributed by atoms with van der Waals surface area (Å²) in [5, 5.41) is 14.8. The van der Waals surface area contributed by atoms with Gasteiger partial charge in [-0.25, -0.2) is 0 Å². The molecule has 3 amide bonds. The molecule has 3 heterocycles. The average Bonchev–Trinajstić information content (AvgIpc) is 2.98. The first-order chi connectivity index (χ1) is 13.1. The molecule has 3 aliphatic heterocycles. The summed E-state index contributed by atoms with van der Waals surface area (Å²) in [5.74, 6) is -0.852. The Morgan fingerprint density at radius 2 is 2.11 bits per heavy atom. The van der Waals surface area contributed by atoms with Gasteiger partial charge in [0.25, 0.3) is 5.91 Å². The van der Waals surface area contributed by atoms with Gasteiger partial charge in [0, 0.05) is 44.7 Å². The molecule has 8 heteroatoms. The lowest BCUT2D eigenvalue weighted by Crippen LogP contribution is -2.52. The minimum Gasteiger partial charge on any atom is -0.322 e. The van der Waals surface area contributed by atoms with E-state index in [4.69, 9.17) is 0 Å². The Hall–Kier alpha value is -2.76. The molecular weight excluding hydrogens is 346 g/mol. The van der Waals surface area contributed by atoms with Gasteiger partial charge in [-0.2, -0.15) is 5.26 Å². The van der Waals surface area contributed by atoms with Crippen molar-refractivity contribution in [2.24, 2.45) is 0 Å². The van der Waals surface area contributed by atoms with Gasteiger partial charge < -0.3 is 10.2 Å². The number of carbonyl (C=O) groups excluding carboxylic acids is 3. The van der Waals surface area contributed by atoms with Crippen molar-refractivity contribution in [2.75, 3.05) is 19.6 Å². The van der Waals surface area contributed by atoms with E-state index in [2.05, 4.69) is 21.6 Å². The number of carbonyl (C=O) groups is 3. The van der Waals surface area contributed by atoms with E-state index in [0.717, 1.165) is 24.2 Å². The lowest BCUT2D eigenvalue weighted by molar-refractivity contribution is -0.136. The number of hydrogen-bond donors (Lipinski definition) is 2. The zero-order chi connectivity index (χ0) is 19.0. The highest BCUT2D eigenvalue weighted by Gasteiger charge is 2.39. The Kier molecular flexibility index (Phi) is 4.64. The lowest BCUT2D eigenvalue weighted by atomic mass is 10.0. The number of hydrogen-bond acceptors (Lipinski definition) is 6. The van der Waals surface area contributed by atoms with Crippen LogP contribution in [0.1, 0.15) is 34.3 Å². The second-order valence-electron chi connectivity index (χ2n) is 7.21. The van der Waals surface area contributed by atoms with Crippen molar-refractivity contribution >= 4 is 17.7 Å². The van der Waals surface area contributed by atoms with Crippen LogP contribution in [0, 0.1) is 11.3 Å². The quantitative estimate of drug-likeness (QED) is 0.714. The zero-order valence-electron chi connectivity index (χ0n) is 14.9. The molecule has 2 unspecified atom stereocenters. The molecule has 1 aromatic carbocycles. The van der Waals surface area contributed by atoms with E-state index in [9.17, 15) is 19.6 Å². The lowest BCUT2D eigenvalue weighted by Gasteiger charge is -2.31. The van der Waals surface area contributed by atoms with Crippen LogP contribution >= 0.6 is 0 Å². The summed E-state index contributed by atoms with van der Waals surface area (Å²) in [7, 11) is 0. The van der Waals surface area contributed by atoms with Crippen molar-refractivity contribution in [3.8, 4) is 6.07 Å². The van der Waals surface area contributed by atoms with Crippen LogP contribution in [0.4, 0.5) is 0 Å². The smallest absolute Gasteiger partial charge is 0.255 e. The second-order valence-corrected chi connectivity index (χ2v) is 7.21. The summed E-state index contributed by atoms with van der Waals surface area (Å²) in [6, 6.07) is 7.32.